The van der Waals surface area contributed by atoms with E-state index in [1.54, 1.807) is 18.3 Å². The van der Waals surface area contributed by atoms with E-state index in [1.165, 1.54) is 35.4 Å². The number of ether oxygens (including phenoxy) is 1. The van der Waals surface area contributed by atoms with Gasteiger partial charge in [0.2, 0.25) is 0 Å². The number of rotatable bonds is 3. The van der Waals surface area contributed by atoms with Crippen LogP contribution in [0.3, 0.4) is 0 Å². The van der Waals surface area contributed by atoms with Gasteiger partial charge in [-0.2, -0.15) is 0 Å². The van der Waals surface area contributed by atoms with Crippen LogP contribution in [0.2, 0.25) is 0 Å². The highest BCUT2D eigenvalue weighted by Crippen LogP contribution is 2.22. The average Bonchev–Trinajstić information content (AvgIpc) is 2.63. The summed E-state index contributed by atoms with van der Waals surface area (Å²) in [6, 6.07) is 7.95. The zero-order valence-electron chi connectivity index (χ0n) is 13.0. The quantitative estimate of drug-likeness (QED) is 0.642. The van der Waals surface area contributed by atoms with Crippen molar-refractivity contribution in [3.8, 4) is 5.75 Å². The minimum Gasteiger partial charge on any atom is -0.425 e. The number of hydrogen-bond donors (Lipinski definition) is 0. The molecule has 0 bridgehead atoms. The lowest BCUT2D eigenvalue weighted by Crippen LogP contribution is -2.49. The molecule has 1 saturated heterocycles. The molecule has 1 aromatic heterocycles. The van der Waals surface area contributed by atoms with Crippen molar-refractivity contribution >= 4 is 11.9 Å². The monoisotopic (exact) mass is 328 g/mol. The summed E-state index contributed by atoms with van der Waals surface area (Å²) in [5, 5.41) is 0. The predicted octanol–water partition coefficient (Wildman–Crippen LogP) is 2.82. The summed E-state index contributed by atoms with van der Waals surface area (Å²) < 4.78 is 18.2. The van der Waals surface area contributed by atoms with Crippen LogP contribution in [0.4, 0.5) is 4.39 Å². The van der Waals surface area contributed by atoms with Crippen LogP contribution in [-0.4, -0.2) is 34.3 Å². The molecule has 3 rings (SSSR count). The predicted molar refractivity (Wildman–Crippen MR) is 84.9 cm³/mol. The van der Waals surface area contributed by atoms with Crippen molar-refractivity contribution in [3.63, 3.8) is 0 Å². The molecule has 0 saturated carbocycles. The van der Waals surface area contributed by atoms with Crippen molar-refractivity contribution in [3.05, 3.63) is 60.2 Å². The molecule has 1 aromatic carbocycles. The van der Waals surface area contributed by atoms with Crippen LogP contribution in [0.25, 0.3) is 0 Å². The number of carbonyl (C=O) groups excluding carboxylic acids is 2. The fraction of sp³-hybridized carbons (Fsp3) is 0.278. The highest BCUT2D eigenvalue weighted by atomic mass is 19.1. The van der Waals surface area contributed by atoms with Gasteiger partial charge in [-0.25, -0.2) is 9.18 Å². The number of benzene rings is 1. The third kappa shape index (κ3) is 3.59. The van der Waals surface area contributed by atoms with E-state index >= 15 is 0 Å². The van der Waals surface area contributed by atoms with Crippen LogP contribution in [0.15, 0.2) is 48.8 Å². The second-order valence-corrected chi connectivity index (χ2v) is 5.63. The molecule has 0 aliphatic carbocycles. The normalized spacial score (nSPS) is 17.4. The van der Waals surface area contributed by atoms with Crippen molar-refractivity contribution in [2.75, 3.05) is 6.54 Å². The molecule has 1 amide bonds. The number of aromatic nitrogens is 1. The van der Waals surface area contributed by atoms with Crippen molar-refractivity contribution in [2.45, 2.75) is 25.3 Å². The van der Waals surface area contributed by atoms with Gasteiger partial charge in [-0.3, -0.25) is 9.78 Å². The number of likely N-dealkylation sites (tertiary alicyclic amines) is 1. The molecular formula is C18H17FN2O3. The van der Waals surface area contributed by atoms with Gasteiger partial charge in [-0.05, 0) is 55.7 Å². The standard InChI is InChI=1S/C18H17FN2O3/c19-14-6-8-15(9-7-14)24-18(23)16-5-1-2-11-21(16)17(22)13-4-3-10-20-12-13/h3-4,6-10,12,16H,1-2,5,11H2. The van der Waals surface area contributed by atoms with Gasteiger partial charge in [0.25, 0.3) is 5.91 Å². The first-order valence-electron chi connectivity index (χ1n) is 7.83. The summed E-state index contributed by atoms with van der Waals surface area (Å²) in [6.07, 6.45) is 5.31. The van der Waals surface area contributed by atoms with Gasteiger partial charge in [0.1, 0.15) is 17.6 Å². The molecule has 1 atom stereocenters. The van der Waals surface area contributed by atoms with Crippen LogP contribution >= 0.6 is 0 Å². The molecule has 124 valence electrons. The zero-order chi connectivity index (χ0) is 16.9. The molecule has 1 fully saturated rings. The minimum atomic E-state index is -0.642. The van der Waals surface area contributed by atoms with E-state index in [0.717, 1.165) is 12.8 Å². The molecule has 0 spiro atoms. The van der Waals surface area contributed by atoms with Gasteiger partial charge in [0.15, 0.2) is 0 Å². The molecule has 1 aliphatic heterocycles. The van der Waals surface area contributed by atoms with Crippen LogP contribution < -0.4 is 4.74 Å². The molecule has 2 heterocycles. The maximum Gasteiger partial charge on any atom is 0.334 e. The Morgan fingerprint density at radius 1 is 1.17 bits per heavy atom. The topological polar surface area (TPSA) is 59.5 Å². The molecule has 5 nitrogen and oxygen atoms in total. The zero-order valence-corrected chi connectivity index (χ0v) is 13.0. The summed E-state index contributed by atoms with van der Waals surface area (Å²) >= 11 is 0. The Kier molecular flexibility index (Phi) is 4.84. The number of pyridine rings is 1. The third-order valence-corrected chi connectivity index (χ3v) is 3.98. The van der Waals surface area contributed by atoms with Crippen LogP contribution in [-0.2, 0) is 4.79 Å². The lowest BCUT2D eigenvalue weighted by molar-refractivity contribution is -0.140. The highest BCUT2D eigenvalue weighted by Gasteiger charge is 2.34. The lowest BCUT2D eigenvalue weighted by atomic mass is 10.0. The van der Waals surface area contributed by atoms with Gasteiger partial charge < -0.3 is 9.64 Å². The summed E-state index contributed by atoms with van der Waals surface area (Å²) in [5.41, 5.74) is 0.444. The highest BCUT2D eigenvalue weighted by molar-refractivity contribution is 5.96. The molecule has 24 heavy (non-hydrogen) atoms. The Morgan fingerprint density at radius 3 is 2.67 bits per heavy atom. The minimum absolute atomic E-state index is 0.233. The van der Waals surface area contributed by atoms with Crippen LogP contribution in [0.1, 0.15) is 29.6 Å². The summed E-state index contributed by atoms with van der Waals surface area (Å²) in [4.78, 5) is 30.6. The molecule has 6 heteroatoms. The number of piperidine rings is 1. The van der Waals surface area contributed by atoms with Gasteiger partial charge in [-0.15, -0.1) is 0 Å². The first-order valence-corrected chi connectivity index (χ1v) is 7.83. The van der Waals surface area contributed by atoms with Crippen molar-refractivity contribution < 1.29 is 18.7 Å². The Morgan fingerprint density at radius 2 is 1.96 bits per heavy atom. The molecule has 2 aromatic rings. The number of amides is 1. The Bertz CT molecular complexity index is 719. The van der Waals surface area contributed by atoms with Gasteiger partial charge in [0.05, 0.1) is 5.56 Å². The molecular weight excluding hydrogens is 311 g/mol. The number of nitrogens with zero attached hydrogens (tertiary/aromatic N) is 2. The van der Waals surface area contributed by atoms with Crippen molar-refractivity contribution in [1.82, 2.24) is 9.88 Å². The van der Waals surface area contributed by atoms with Crippen LogP contribution in [0, 0.1) is 5.82 Å². The second kappa shape index (κ2) is 7.21. The summed E-state index contributed by atoms with van der Waals surface area (Å²) in [7, 11) is 0. The van der Waals surface area contributed by atoms with E-state index < -0.39 is 17.8 Å². The smallest absolute Gasteiger partial charge is 0.334 e. The molecule has 0 radical (unpaired) electrons. The number of halogens is 1. The van der Waals surface area contributed by atoms with E-state index in [0.29, 0.717) is 18.5 Å². The Hall–Kier alpha value is -2.76. The van der Waals surface area contributed by atoms with Gasteiger partial charge in [0, 0.05) is 18.9 Å². The maximum atomic E-state index is 12.9. The van der Waals surface area contributed by atoms with Gasteiger partial charge >= 0.3 is 5.97 Å². The van der Waals surface area contributed by atoms with E-state index in [9.17, 15) is 14.0 Å². The molecule has 1 unspecified atom stereocenters. The van der Waals surface area contributed by atoms with Gasteiger partial charge in [-0.1, -0.05) is 0 Å². The summed E-state index contributed by atoms with van der Waals surface area (Å²) in [6.45, 7) is 0.497. The number of carbonyl (C=O) groups is 2. The van der Waals surface area contributed by atoms with E-state index in [1.807, 2.05) is 0 Å². The average molecular weight is 328 g/mol. The van der Waals surface area contributed by atoms with E-state index in [4.69, 9.17) is 4.74 Å². The maximum absolute atomic E-state index is 12.9. The molecule has 0 N–H and O–H groups in total. The number of esters is 1. The third-order valence-electron chi connectivity index (χ3n) is 3.98. The number of hydrogen-bond acceptors (Lipinski definition) is 4. The largest absolute Gasteiger partial charge is 0.425 e. The van der Waals surface area contributed by atoms with Crippen molar-refractivity contribution in [1.29, 1.82) is 0 Å². The first kappa shape index (κ1) is 16.1. The fourth-order valence-electron chi connectivity index (χ4n) is 2.76. The van der Waals surface area contributed by atoms with E-state index in [-0.39, 0.29) is 11.7 Å². The SMILES string of the molecule is O=C(Oc1ccc(F)cc1)C1CCCCN1C(=O)c1cccnc1. The summed E-state index contributed by atoms with van der Waals surface area (Å²) in [5.74, 6) is -0.871. The Balaban J connectivity index is 1.75. The molecule has 1 aliphatic rings. The first-order chi connectivity index (χ1) is 11.6. The fourth-order valence-corrected chi connectivity index (χ4v) is 2.76. The Labute approximate surface area is 139 Å². The second-order valence-electron chi connectivity index (χ2n) is 5.63. The van der Waals surface area contributed by atoms with Crippen LogP contribution in [0.5, 0.6) is 5.75 Å². The lowest BCUT2D eigenvalue weighted by Gasteiger charge is -2.34. The van der Waals surface area contributed by atoms with Crippen molar-refractivity contribution in [2.24, 2.45) is 0 Å². The van der Waals surface area contributed by atoms with E-state index in [2.05, 4.69) is 4.98 Å².